The molecule has 0 N–H and O–H groups in total. The van der Waals surface area contributed by atoms with E-state index < -0.39 is 5.79 Å². The number of rotatable bonds is 8. The molecule has 1 fully saturated rings. The van der Waals surface area contributed by atoms with Gasteiger partial charge >= 0.3 is 0 Å². The summed E-state index contributed by atoms with van der Waals surface area (Å²) < 4.78 is 17.4. The van der Waals surface area contributed by atoms with Crippen LogP contribution in [0.4, 0.5) is 0 Å². The second-order valence-corrected chi connectivity index (χ2v) is 8.69. The van der Waals surface area contributed by atoms with Crippen molar-refractivity contribution < 1.29 is 14.2 Å². The van der Waals surface area contributed by atoms with Crippen LogP contribution in [0.5, 0.6) is 5.75 Å². The molecule has 0 spiro atoms. The summed E-state index contributed by atoms with van der Waals surface area (Å²) in [5, 5.41) is 0. The minimum Gasteiger partial charge on any atom is -0.491 e. The Labute approximate surface area is 195 Å². The highest BCUT2D eigenvalue weighted by molar-refractivity contribution is 6.18. The number of halogens is 1. The predicted octanol–water partition coefficient (Wildman–Crippen LogP) is 6.80. The Kier molecular flexibility index (Phi) is 7.31. The Morgan fingerprint density at radius 1 is 0.875 bits per heavy atom. The second kappa shape index (κ2) is 10.4. The molecule has 166 valence electrons. The second-order valence-electron chi connectivity index (χ2n) is 8.31. The molecule has 0 amide bonds. The summed E-state index contributed by atoms with van der Waals surface area (Å²) in [4.78, 5) is 0. The van der Waals surface area contributed by atoms with Crippen LogP contribution in [0.15, 0.2) is 84.9 Å². The molecule has 1 saturated heterocycles. The molecule has 32 heavy (non-hydrogen) atoms. The van der Waals surface area contributed by atoms with Crippen LogP contribution in [0.2, 0.25) is 0 Å². The van der Waals surface area contributed by atoms with Gasteiger partial charge in [0.1, 0.15) is 18.5 Å². The van der Waals surface area contributed by atoms with E-state index in [0.717, 1.165) is 17.7 Å². The van der Waals surface area contributed by atoms with Gasteiger partial charge in [-0.1, -0.05) is 72.8 Å². The lowest BCUT2D eigenvalue weighted by Gasteiger charge is -2.18. The SMILES string of the molecule is CC1(C)OCC(COc2ccc(C(=C(CCCl)c3ccccc3)c3ccccc3)cc2)O1. The molecule has 0 aromatic heterocycles. The van der Waals surface area contributed by atoms with Crippen molar-refractivity contribution in [2.24, 2.45) is 0 Å². The average molecular weight is 449 g/mol. The van der Waals surface area contributed by atoms with Gasteiger partial charge < -0.3 is 14.2 Å². The molecule has 0 bridgehead atoms. The van der Waals surface area contributed by atoms with E-state index in [1.165, 1.54) is 22.3 Å². The van der Waals surface area contributed by atoms with Crippen LogP contribution in [0.3, 0.4) is 0 Å². The van der Waals surface area contributed by atoms with Crippen LogP contribution >= 0.6 is 11.6 Å². The molecule has 1 heterocycles. The lowest BCUT2D eigenvalue weighted by molar-refractivity contribution is -0.141. The average Bonchev–Trinajstić information content (AvgIpc) is 3.18. The zero-order valence-electron chi connectivity index (χ0n) is 18.6. The largest absolute Gasteiger partial charge is 0.491 e. The molecule has 3 nitrogen and oxygen atoms in total. The zero-order valence-corrected chi connectivity index (χ0v) is 19.3. The van der Waals surface area contributed by atoms with Crippen molar-refractivity contribution in [3.63, 3.8) is 0 Å². The van der Waals surface area contributed by atoms with Gasteiger partial charge in [-0.25, -0.2) is 0 Å². The Morgan fingerprint density at radius 2 is 1.47 bits per heavy atom. The van der Waals surface area contributed by atoms with Gasteiger partial charge in [-0.3, -0.25) is 0 Å². The number of alkyl halides is 1. The van der Waals surface area contributed by atoms with Crippen LogP contribution in [-0.2, 0) is 9.47 Å². The van der Waals surface area contributed by atoms with Crippen molar-refractivity contribution in [1.82, 2.24) is 0 Å². The van der Waals surface area contributed by atoms with E-state index in [1.807, 2.05) is 38.1 Å². The van der Waals surface area contributed by atoms with E-state index in [2.05, 4.69) is 60.7 Å². The van der Waals surface area contributed by atoms with Gasteiger partial charge in [0.25, 0.3) is 0 Å². The van der Waals surface area contributed by atoms with E-state index in [0.29, 0.717) is 19.1 Å². The van der Waals surface area contributed by atoms with Crippen LogP contribution in [0, 0.1) is 0 Å². The summed E-state index contributed by atoms with van der Waals surface area (Å²) in [7, 11) is 0. The van der Waals surface area contributed by atoms with Crippen molar-refractivity contribution in [2.75, 3.05) is 19.1 Å². The number of ether oxygens (including phenoxy) is 3. The molecule has 0 aliphatic carbocycles. The lowest BCUT2D eigenvalue weighted by Crippen LogP contribution is -2.25. The molecule has 0 radical (unpaired) electrons. The molecule has 1 aliphatic heterocycles. The summed E-state index contributed by atoms with van der Waals surface area (Å²) in [5.41, 5.74) is 5.92. The van der Waals surface area contributed by atoms with Gasteiger partial charge in [0.2, 0.25) is 0 Å². The molecule has 4 heteroatoms. The summed E-state index contributed by atoms with van der Waals surface area (Å²) in [6.45, 7) is 4.85. The van der Waals surface area contributed by atoms with Crippen molar-refractivity contribution in [1.29, 1.82) is 0 Å². The van der Waals surface area contributed by atoms with Crippen LogP contribution in [0.1, 0.15) is 37.0 Å². The summed E-state index contributed by atoms with van der Waals surface area (Å²) >= 11 is 6.24. The topological polar surface area (TPSA) is 27.7 Å². The van der Waals surface area contributed by atoms with E-state index in [9.17, 15) is 0 Å². The van der Waals surface area contributed by atoms with Crippen molar-refractivity contribution in [2.45, 2.75) is 32.2 Å². The lowest BCUT2D eigenvalue weighted by atomic mass is 9.88. The first-order chi connectivity index (χ1) is 15.6. The summed E-state index contributed by atoms with van der Waals surface area (Å²) in [5.74, 6) is 0.832. The van der Waals surface area contributed by atoms with E-state index in [4.69, 9.17) is 25.8 Å². The molecule has 4 rings (SSSR count). The van der Waals surface area contributed by atoms with E-state index in [-0.39, 0.29) is 6.10 Å². The first-order valence-electron chi connectivity index (χ1n) is 11.0. The van der Waals surface area contributed by atoms with Gasteiger partial charge in [0.05, 0.1) is 6.61 Å². The first-order valence-corrected chi connectivity index (χ1v) is 11.5. The molecular weight excluding hydrogens is 420 g/mol. The quantitative estimate of drug-likeness (QED) is 0.280. The van der Waals surface area contributed by atoms with Gasteiger partial charge in [0, 0.05) is 5.88 Å². The number of allylic oxidation sites excluding steroid dienone is 1. The standard InChI is InChI=1S/C28H29ClO3/c1-28(2)31-20-25(32-28)19-30-24-15-13-23(14-16-24)27(22-11-7-4-8-12-22)26(17-18-29)21-9-5-3-6-10-21/h3-16,25H,17-20H2,1-2H3. The van der Waals surface area contributed by atoms with Crippen LogP contribution < -0.4 is 4.74 Å². The smallest absolute Gasteiger partial charge is 0.163 e. The Bertz CT molecular complexity index is 1030. The highest BCUT2D eigenvalue weighted by atomic mass is 35.5. The molecule has 1 atom stereocenters. The fraction of sp³-hybridized carbons (Fsp3) is 0.286. The molecule has 0 saturated carbocycles. The van der Waals surface area contributed by atoms with Gasteiger partial charge in [-0.15, -0.1) is 11.6 Å². The van der Waals surface area contributed by atoms with Gasteiger partial charge in [-0.05, 0) is 60.2 Å². The summed E-state index contributed by atoms with van der Waals surface area (Å²) in [6.07, 6.45) is 0.723. The Morgan fingerprint density at radius 3 is 2.03 bits per heavy atom. The highest BCUT2D eigenvalue weighted by Gasteiger charge is 2.32. The maximum atomic E-state index is 6.24. The minimum atomic E-state index is -0.538. The minimum absolute atomic E-state index is 0.0575. The van der Waals surface area contributed by atoms with Crippen molar-refractivity contribution in [3.05, 3.63) is 102 Å². The molecule has 1 unspecified atom stereocenters. The fourth-order valence-electron chi connectivity index (χ4n) is 4.02. The monoisotopic (exact) mass is 448 g/mol. The van der Waals surface area contributed by atoms with Gasteiger partial charge in [0.15, 0.2) is 5.79 Å². The number of benzene rings is 3. The fourth-order valence-corrected chi connectivity index (χ4v) is 4.21. The maximum Gasteiger partial charge on any atom is 0.163 e. The maximum absolute atomic E-state index is 6.24. The predicted molar refractivity (Wildman–Crippen MR) is 131 cm³/mol. The van der Waals surface area contributed by atoms with Crippen molar-refractivity contribution in [3.8, 4) is 5.75 Å². The Hall–Kier alpha value is -2.59. The van der Waals surface area contributed by atoms with Crippen molar-refractivity contribution >= 4 is 22.7 Å². The Balaban J connectivity index is 1.63. The van der Waals surface area contributed by atoms with Crippen LogP contribution in [-0.4, -0.2) is 31.0 Å². The number of hydrogen-bond donors (Lipinski definition) is 0. The van der Waals surface area contributed by atoms with E-state index in [1.54, 1.807) is 0 Å². The highest BCUT2D eigenvalue weighted by Crippen LogP contribution is 2.35. The summed E-state index contributed by atoms with van der Waals surface area (Å²) in [6, 6.07) is 29.2. The number of hydrogen-bond acceptors (Lipinski definition) is 3. The third kappa shape index (κ3) is 5.60. The third-order valence-corrected chi connectivity index (χ3v) is 5.67. The normalized spacial score (nSPS) is 18.3. The van der Waals surface area contributed by atoms with E-state index >= 15 is 0 Å². The molecule has 3 aromatic carbocycles. The van der Waals surface area contributed by atoms with Crippen LogP contribution in [0.25, 0.3) is 11.1 Å². The molecular formula is C28H29ClO3. The zero-order chi connectivity index (χ0) is 22.4. The first kappa shape index (κ1) is 22.6. The van der Waals surface area contributed by atoms with Gasteiger partial charge in [-0.2, -0.15) is 0 Å². The third-order valence-electron chi connectivity index (χ3n) is 5.48. The molecule has 3 aromatic rings. The molecule has 1 aliphatic rings.